The number of halogens is 1. The number of nitrogens with zero attached hydrogens (tertiary/aromatic N) is 1. The molecule has 6 aromatic rings. The monoisotopic (exact) mass is 637 g/mol. The molecular formula is C38H40IN. The molecule has 0 aliphatic heterocycles. The lowest BCUT2D eigenvalue weighted by molar-refractivity contribution is 0.413. The second-order valence-corrected chi connectivity index (χ2v) is 16.5. The molecule has 0 aliphatic carbocycles. The third-order valence-corrected chi connectivity index (χ3v) is 8.73. The summed E-state index contributed by atoms with van der Waals surface area (Å²) in [5.74, 6) is 0. The fourth-order valence-electron chi connectivity index (χ4n) is 7.01. The topological polar surface area (TPSA) is 4.41 Å². The molecule has 40 heavy (non-hydrogen) atoms. The van der Waals surface area contributed by atoms with E-state index in [0.29, 0.717) is 0 Å². The summed E-state index contributed by atoms with van der Waals surface area (Å²) in [5.41, 5.74) is 10.9. The first kappa shape index (κ1) is 27.3. The Hall–Kier alpha value is -2.85. The van der Waals surface area contributed by atoms with E-state index in [0.717, 1.165) is 18.1 Å². The van der Waals surface area contributed by atoms with Crippen LogP contribution >= 0.6 is 22.6 Å². The van der Waals surface area contributed by atoms with E-state index in [9.17, 15) is 0 Å². The molecule has 0 spiro atoms. The number of fused-ring (bicyclic) bond motifs is 6. The van der Waals surface area contributed by atoms with Crippen LogP contribution in [-0.2, 0) is 12.8 Å². The average molecular weight is 638 g/mol. The van der Waals surface area contributed by atoms with Crippen molar-refractivity contribution in [1.82, 2.24) is 4.40 Å². The molecule has 0 atom stereocenters. The van der Waals surface area contributed by atoms with Crippen LogP contribution in [-0.4, -0.2) is 7.82 Å². The standard InChI is InChI=1S/C38H40IN/c1-10-13-25-19-26(20-37(5,6)7)34-28-14-11-12-15-31(28)40-35-30(21-38(8,9)39)29-18-22(2)16-17-27(29)23(3)32(35)24(4)33(25)36(34)40/h10-19H,4,20-21H2,1-3,5-9H3/b13-10-. The average Bonchev–Trinajstić information content (AvgIpc) is 3.19. The zero-order valence-electron chi connectivity index (χ0n) is 25.2. The Morgan fingerprint density at radius 1 is 0.825 bits per heavy atom. The minimum Gasteiger partial charge on any atom is -0.308 e. The van der Waals surface area contributed by atoms with E-state index in [1.165, 1.54) is 76.7 Å². The fraction of sp³-hybridized carbons (Fsp3) is 0.316. The minimum absolute atomic E-state index is 0.103. The van der Waals surface area contributed by atoms with Crippen LogP contribution < -0.4 is 5.22 Å². The third kappa shape index (κ3) is 4.26. The smallest absolute Gasteiger partial charge is 0.0628 e. The number of allylic oxidation sites excluding steroid dienone is 1. The second-order valence-electron chi connectivity index (χ2n) is 13.6. The molecule has 0 N–H and O–H groups in total. The molecule has 6 rings (SSSR count). The summed E-state index contributed by atoms with van der Waals surface area (Å²) in [6, 6.07) is 18.5. The van der Waals surface area contributed by atoms with E-state index in [2.05, 4.69) is 143 Å². The van der Waals surface area contributed by atoms with Crippen molar-refractivity contribution in [2.75, 3.05) is 0 Å². The van der Waals surface area contributed by atoms with Gasteiger partial charge in [0, 0.05) is 25.0 Å². The summed E-state index contributed by atoms with van der Waals surface area (Å²) in [6.07, 6.45) is 6.46. The summed E-state index contributed by atoms with van der Waals surface area (Å²) in [7, 11) is 0. The van der Waals surface area contributed by atoms with Gasteiger partial charge in [-0.1, -0.05) is 124 Å². The highest BCUT2D eigenvalue weighted by atomic mass is 127. The van der Waals surface area contributed by atoms with Crippen LogP contribution in [0.4, 0.5) is 0 Å². The maximum Gasteiger partial charge on any atom is 0.0628 e. The molecule has 1 nitrogen and oxygen atoms in total. The van der Waals surface area contributed by atoms with Gasteiger partial charge < -0.3 is 4.40 Å². The number of benzene rings is 4. The Balaban J connectivity index is 2.02. The van der Waals surface area contributed by atoms with E-state index in [1.807, 2.05) is 0 Å². The molecule has 2 heterocycles. The molecule has 204 valence electrons. The molecule has 0 radical (unpaired) electrons. The van der Waals surface area contributed by atoms with Crippen molar-refractivity contribution in [3.63, 3.8) is 0 Å². The van der Waals surface area contributed by atoms with Gasteiger partial charge in [-0.3, -0.25) is 0 Å². The Kier molecular flexibility index (Phi) is 6.38. The number of para-hydroxylation sites is 1. The Morgan fingerprint density at radius 2 is 1.55 bits per heavy atom. The Morgan fingerprint density at radius 3 is 2.23 bits per heavy atom. The zero-order valence-corrected chi connectivity index (χ0v) is 27.4. The van der Waals surface area contributed by atoms with Gasteiger partial charge in [0.1, 0.15) is 0 Å². The van der Waals surface area contributed by atoms with E-state index in [4.69, 9.17) is 6.58 Å². The Bertz CT molecular complexity index is 2060. The van der Waals surface area contributed by atoms with Crippen LogP contribution in [0.1, 0.15) is 69.4 Å². The van der Waals surface area contributed by atoms with Crippen LogP contribution in [0.25, 0.3) is 61.5 Å². The predicted molar refractivity (Wildman–Crippen MR) is 187 cm³/mol. The summed E-state index contributed by atoms with van der Waals surface area (Å²) >= 11 is 2.63. The highest BCUT2D eigenvalue weighted by Crippen LogP contribution is 2.43. The highest BCUT2D eigenvalue weighted by molar-refractivity contribution is 14.1. The fourth-order valence-corrected chi connectivity index (χ4v) is 7.39. The molecule has 0 bridgehead atoms. The number of alkyl halides is 1. The molecule has 0 aliphatic rings. The molecule has 2 aromatic heterocycles. The molecule has 0 amide bonds. The van der Waals surface area contributed by atoms with Gasteiger partial charge in [0.05, 0.1) is 16.6 Å². The van der Waals surface area contributed by atoms with Gasteiger partial charge in [0.15, 0.2) is 0 Å². The first-order valence-electron chi connectivity index (χ1n) is 14.5. The van der Waals surface area contributed by atoms with Crippen LogP contribution in [0.5, 0.6) is 0 Å². The van der Waals surface area contributed by atoms with Gasteiger partial charge >= 0.3 is 0 Å². The van der Waals surface area contributed by atoms with Gasteiger partial charge in [-0.15, -0.1) is 0 Å². The zero-order chi connectivity index (χ0) is 28.7. The summed E-state index contributed by atoms with van der Waals surface area (Å²) in [6.45, 7) is 23.3. The van der Waals surface area contributed by atoms with Gasteiger partial charge in [0.2, 0.25) is 0 Å². The highest BCUT2D eigenvalue weighted by Gasteiger charge is 2.27. The minimum atomic E-state index is 0.103. The number of hydrogen-bond donors (Lipinski definition) is 0. The van der Waals surface area contributed by atoms with Crippen molar-refractivity contribution >= 4 is 84.1 Å². The molecule has 0 unspecified atom stereocenters. The van der Waals surface area contributed by atoms with Crippen LogP contribution in [0.2, 0.25) is 0 Å². The number of hydrogen-bond acceptors (Lipinski definition) is 0. The number of rotatable bonds is 4. The van der Waals surface area contributed by atoms with Gasteiger partial charge in [-0.05, 0) is 83.3 Å². The van der Waals surface area contributed by atoms with Crippen molar-refractivity contribution in [2.24, 2.45) is 5.41 Å². The van der Waals surface area contributed by atoms with E-state index in [-0.39, 0.29) is 8.84 Å². The molecular weight excluding hydrogens is 597 g/mol. The third-order valence-electron chi connectivity index (χ3n) is 8.34. The van der Waals surface area contributed by atoms with Crippen molar-refractivity contribution < 1.29 is 0 Å². The SMILES string of the molecule is C=c1c2c(C)c3ccc(C)cc3c(CC(C)(C)I)c2n2c3ccccc3c3c(CC(C)(C)C)cc(/C=C\C)c1c32. The van der Waals surface area contributed by atoms with Crippen LogP contribution in [0, 0.1) is 19.3 Å². The van der Waals surface area contributed by atoms with Crippen molar-refractivity contribution in [3.05, 3.63) is 87.6 Å². The lowest BCUT2D eigenvalue weighted by Crippen LogP contribution is -2.18. The summed E-state index contributed by atoms with van der Waals surface area (Å²) in [5, 5.41) is 9.19. The maximum absolute atomic E-state index is 4.87. The number of aromatic nitrogens is 1. The van der Waals surface area contributed by atoms with Gasteiger partial charge in [-0.2, -0.15) is 0 Å². The van der Waals surface area contributed by atoms with Gasteiger partial charge in [0.25, 0.3) is 0 Å². The quantitative estimate of drug-likeness (QED) is 0.103. The summed E-state index contributed by atoms with van der Waals surface area (Å²) in [4.78, 5) is 0. The lowest BCUT2D eigenvalue weighted by atomic mass is 9.84. The van der Waals surface area contributed by atoms with Crippen LogP contribution in [0.15, 0.2) is 54.6 Å². The van der Waals surface area contributed by atoms with Crippen molar-refractivity contribution in [3.8, 4) is 0 Å². The number of aryl methyl sites for hydroxylation is 2. The maximum atomic E-state index is 4.87. The second kappa shape index (κ2) is 9.34. The molecule has 0 saturated heterocycles. The van der Waals surface area contributed by atoms with E-state index >= 15 is 0 Å². The van der Waals surface area contributed by atoms with E-state index < -0.39 is 0 Å². The predicted octanol–water partition coefficient (Wildman–Crippen LogP) is 10.7. The number of pyridine rings is 1. The molecule has 2 heteroatoms. The Labute approximate surface area is 252 Å². The van der Waals surface area contributed by atoms with Crippen molar-refractivity contribution in [2.45, 2.75) is 71.7 Å². The summed E-state index contributed by atoms with van der Waals surface area (Å²) < 4.78 is 2.72. The molecule has 4 aromatic carbocycles. The lowest BCUT2D eigenvalue weighted by Gasteiger charge is -2.24. The first-order chi connectivity index (χ1) is 18.8. The van der Waals surface area contributed by atoms with E-state index in [1.54, 1.807) is 0 Å². The van der Waals surface area contributed by atoms with Crippen molar-refractivity contribution in [1.29, 1.82) is 0 Å². The molecule has 0 fully saturated rings. The normalized spacial score (nSPS) is 13.3. The van der Waals surface area contributed by atoms with Gasteiger partial charge in [-0.25, -0.2) is 0 Å². The first-order valence-corrected chi connectivity index (χ1v) is 15.5. The molecule has 0 saturated carbocycles. The van der Waals surface area contributed by atoms with Crippen LogP contribution in [0.3, 0.4) is 0 Å². The largest absolute Gasteiger partial charge is 0.308 e.